The predicted octanol–water partition coefficient (Wildman–Crippen LogP) is 7.34. The predicted molar refractivity (Wildman–Crippen MR) is 148 cm³/mol. The molecule has 0 unspecified atom stereocenters. The number of halogens is 2. The summed E-state index contributed by atoms with van der Waals surface area (Å²) in [4.78, 5) is 28.8. The van der Waals surface area contributed by atoms with Crippen molar-refractivity contribution in [2.75, 3.05) is 0 Å². The van der Waals surface area contributed by atoms with Crippen LogP contribution in [0.3, 0.4) is 0 Å². The van der Waals surface area contributed by atoms with Gasteiger partial charge in [0.25, 0.3) is 0 Å². The number of carbonyl (C=O) groups is 2. The maximum atomic E-state index is 13.7. The van der Waals surface area contributed by atoms with Gasteiger partial charge in [-0.3, -0.25) is 9.59 Å². The summed E-state index contributed by atoms with van der Waals surface area (Å²) in [5.74, 6) is -0.109. The Kier molecular flexibility index (Phi) is 9.28. The summed E-state index contributed by atoms with van der Waals surface area (Å²) in [5.41, 5.74) is 1.99. The van der Waals surface area contributed by atoms with Crippen molar-refractivity contribution >= 4 is 45.8 Å². The molecule has 1 fully saturated rings. The van der Waals surface area contributed by atoms with Crippen molar-refractivity contribution in [2.24, 2.45) is 0 Å². The molecule has 1 saturated carbocycles. The van der Waals surface area contributed by atoms with Gasteiger partial charge in [-0.1, -0.05) is 97.9 Å². The van der Waals surface area contributed by atoms with Crippen LogP contribution in [0.25, 0.3) is 10.8 Å². The zero-order valence-electron chi connectivity index (χ0n) is 20.8. The normalized spacial score (nSPS) is 15.0. The maximum Gasteiger partial charge on any atom is 0.243 e. The Labute approximate surface area is 224 Å². The highest BCUT2D eigenvalue weighted by Gasteiger charge is 2.30. The highest BCUT2D eigenvalue weighted by Crippen LogP contribution is 2.26. The highest BCUT2D eigenvalue weighted by molar-refractivity contribution is 6.42. The minimum atomic E-state index is -0.540. The summed E-state index contributed by atoms with van der Waals surface area (Å²) in [6.07, 6.45) is 6.98. The van der Waals surface area contributed by atoms with Crippen LogP contribution in [0, 0.1) is 0 Å². The molecule has 0 spiro atoms. The SMILES string of the molecule is CC[C@H](C(=O)NC1CCCCC1)N(Cc1ccc(Cl)c(Cl)c1)C(=O)CCc1cccc2ccccc12. The van der Waals surface area contributed by atoms with Crippen LogP contribution in [-0.4, -0.2) is 28.8 Å². The third-order valence-electron chi connectivity index (χ3n) is 7.16. The molecule has 3 aromatic carbocycles. The van der Waals surface area contributed by atoms with E-state index in [4.69, 9.17) is 23.2 Å². The van der Waals surface area contributed by atoms with E-state index in [9.17, 15) is 9.59 Å². The largest absolute Gasteiger partial charge is 0.352 e. The summed E-state index contributed by atoms with van der Waals surface area (Å²) < 4.78 is 0. The molecule has 0 saturated heterocycles. The quantitative estimate of drug-likeness (QED) is 0.318. The molecule has 4 nitrogen and oxygen atoms in total. The van der Waals surface area contributed by atoms with Crippen LogP contribution in [0.5, 0.6) is 0 Å². The minimum absolute atomic E-state index is 0.0420. The van der Waals surface area contributed by atoms with E-state index in [0.29, 0.717) is 35.9 Å². The molecule has 0 aliphatic heterocycles. The average Bonchev–Trinajstić information content (AvgIpc) is 2.89. The molecule has 0 aromatic heterocycles. The van der Waals surface area contributed by atoms with Gasteiger partial charge in [-0.2, -0.15) is 0 Å². The molecule has 1 aliphatic carbocycles. The van der Waals surface area contributed by atoms with Gasteiger partial charge in [-0.05, 0) is 59.7 Å². The topological polar surface area (TPSA) is 49.4 Å². The van der Waals surface area contributed by atoms with Crippen LogP contribution in [-0.2, 0) is 22.6 Å². The van der Waals surface area contributed by atoms with Crippen LogP contribution < -0.4 is 5.32 Å². The number of hydrogen-bond donors (Lipinski definition) is 1. The van der Waals surface area contributed by atoms with Crippen LogP contribution in [0.4, 0.5) is 0 Å². The van der Waals surface area contributed by atoms with Gasteiger partial charge in [0, 0.05) is 19.0 Å². The fourth-order valence-corrected chi connectivity index (χ4v) is 5.51. The zero-order chi connectivity index (χ0) is 25.5. The van der Waals surface area contributed by atoms with Crippen LogP contribution in [0.1, 0.15) is 63.0 Å². The standard InChI is InChI=1S/C30H34Cl2N2O2/c1-2-28(30(36)33-24-12-4-3-5-13-24)34(20-21-15-17-26(31)27(32)19-21)29(35)18-16-23-11-8-10-22-9-6-7-14-25(22)23/h6-11,14-15,17,19,24,28H,2-5,12-13,16,18,20H2,1H3,(H,33,36)/t28-/m1/s1. The number of nitrogens with one attached hydrogen (secondary N) is 1. The van der Waals surface area contributed by atoms with Gasteiger partial charge >= 0.3 is 0 Å². The Morgan fingerprint density at radius 2 is 1.72 bits per heavy atom. The van der Waals surface area contributed by atoms with Crippen LogP contribution in [0.2, 0.25) is 10.0 Å². The first-order valence-electron chi connectivity index (χ1n) is 13.0. The van der Waals surface area contributed by atoms with E-state index in [1.807, 2.05) is 31.2 Å². The van der Waals surface area contributed by atoms with Gasteiger partial charge < -0.3 is 10.2 Å². The smallest absolute Gasteiger partial charge is 0.243 e. The van der Waals surface area contributed by atoms with Crippen molar-refractivity contribution in [1.29, 1.82) is 0 Å². The molecule has 0 heterocycles. The minimum Gasteiger partial charge on any atom is -0.352 e. The number of amides is 2. The van der Waals surface area contributed by atoms with Gasteiger partial charge in [0.15, 0.2) is 0 Å². The van der Waals surface area contributed by atoms with E-state index >= 15 is 0 Å². The van der Waals surface area contributed by atoms with Gasteiger partial charge in [0.05, 0.1) is 10.0 Å². The molecule has 3 aromatic rings. The first-order valence-corrected chi connectivity index (χ1v) is 13.7. The van der Waals surface area contributed by atoms with E-state index in [1.165, 1.54) is 6.42 Å². The van der Waals surface area contributed by atoms with Gasteiger partial charge in [-0.25, -0.2) is 0 Å². The number of carbonyl (C=O) groups excluding carboxylic acids is 2. The third kappa shape index (κ3) is 6.60. The number of aryl methyl sites for hydroxylation is 1. The van der Waals surface area contributed by atoms with Crippen molar-refractivity contribution in [1.82, 2.24) is 10.2 Å². The fraction of sp³-hybridized carbons (Fsp3) is 0.400. The number of hydrogen-bond acceptors (Lipinski definition) is 2. The van der Waals surface area contributed by atoms with Crippen molar-refractivity contribution in [3.05, 3.63) is 81.8 Å². The summed E-state index contributed by atoms with van der Waals surface area (Å²) in [7, 11) is 0. The first-order chi connectivity index (χ1) is 17.5. The molecule has 1 atom stereocenters. The van der Waals surface area contributed by atoms with E-state index in [-0.39, 0.29) is 17.9 Å². The lowest BCUT2D eigenvalue weighted by Crippen LogP contribution is -2.51. The summed E-state index contributed by atoms with van der Waals surface area (Å²) in [6.45, 7) is 2.27. The zero-order valence-corrected chi connectivity index (χ0v) is 22.3. The van der Waals surface area contributed by atoms with E-state index in [2.05, 4.69) is 29.6 Å². The average molecular weight is 526 g/mol. The maximum absolute atomic E-state index is 13.7. The third-order valence-corrected chi connectivity index (χ3v) is 7.90. The Morgan fingerprint density at radius 3 is 2.47 bits per heavy atom. The molecule has 36 heavy (non-hydrogen) atoms. The summed E-state index contributed by atoms with van der Waals surface area (Å²) >= 11 is 12.4. The molecule has 0 radical (unpaired) electrons. The van der Waals surface area contributed by atoms with Gasteiger partial charge in [0.2, 0.25) is 11.8 Å². The molecule has 1 aliphatic rings. The molecular formula is C30H34Cl2N2O2. The first kappa shape index (κ1) is 26.5. The number of nitrogens with zero attached hydrogens (tertiary/aromatic N) is 1. The van der Waals surface area contributed by atoms with Crippen LogP contribution >= 0.6 is 23.2 Å². The molecule has 4 rings (SSSR count). The van der Waals surface area contributed by atoms with Gasteiger partial charge in [-0.15, -0.1) is 0 Å². The Hall–Kier alpha value is -2.56. The van der Waals surface area contributed by atoms with Crippen LogP contribution in [0.15, 0.2) is 60.7 Å². The van der Waals surface area contributed by atoms with E-state index in [1.54, 1.807) is 17.0 Å². The summed E-state index contributed by atoms with van der Waals surface area (Å²) in [6, 6.07) is 19.4. The lowest BCUT2D eigenvalue weighted by Gasteiger charge is -2.33. The Morgan fingerprint density at radius 1 is 0.972 bits per heavy atom. The fourth-order valence-electron chi connectivity index (χ4n) is 5.19. The van der Waals surface area contributed by atoms with Crippen molar-refractivity contribution in [3.8, 4) is 0 Å². The van der Waals surface area contributed by atoms with E-state index < -0.39 is 6.04 Å². The molecule has 6 heteroatoms. The Balaban J connectivity index is 1.55. The lowest BCUT2D eigenvalue weighted by atomic mass is 9.95. The molecule has 190 valence electrons. The molecule has 0 bridgehead atoms. The number of rotatable bonds is 9. The van der Waals surface area contributed by atoms with Crippen molar-refractivity contribution < 1.29 is 9.59 Å². The lowest BCUT2D eigenvalue weighted by molar-refractivity contribution is -0.141. The van der Waals surface area contributed by atoms with Crippen molar-refractivity contribution in [2.45, 2.75) is 76.9 Å². The molecule has 2 amide bonds. The molecular weight excluding hydrogens is 491 g/mol. The second-order valence-corrected chi connectivity index (χ2v) is 10.5. The van der Waals surface area contributed by atoms with Crippen molar-refractivity contribution in [3.63, 3.8) is 0 Å². The number of fused-ring (bicyclic) bond motifs is 1. The van der Waals surface area contributed by atoms with Gasteiger partial charge in [0.1, 0.15) is 6.04 Å². The second kappa shape index (κ2) is 12.6. The number of benzene rings is 3. The second-order valence-electron chi connectivity index (χ2n) is 9.68. The van der Waals surface area contributed by atoms with E-state index in [0.717, 1.165) is 47.6 Å². The summed E-state index contributed by atoms with van der Waals surface area (Å²) in [5, 5.41) is 6.46. The molecule has 1 N–H and O–H groups in total. The highest BCUT2D eigenvalue weighted by atomic mass is 35.5. The monoisotopic (exact) mass is 524 g/mol. The Bertz CT molecular complexity index is 1200.